The fourth-order valence-corrected chi connectivity index (χ4v) is 4.93. The molecule has 3 rings (SSSR count). The van der Waals surface area contributed by atoms with Crippen LogP contribution >= 0.6 is 15.9 Å². The van der Waals surface area contributed by atoms with Gasteiger partial charge in [-0.3, -0.25) is 9.59 Å². The lowest BCUT2D eigenvalue weighted by atomic mass is 9.82. The predicted octanol–water partition coefficient (Wildman–Crippen LogP) is 4.07. The number of aromatic nitrogens is 1. The molecule has 0 amide bonds. The Labute approximate surface area is 177 Å². The average Bonchev–Trinajstić information content (AvgIpc) is 2.68. The van der Waals surface area contributed by atoms with Crippen molar-refractivity contribution in [2.24, 2.45) is 0 Å². The van der Waals surface area contributed by atoms with E-state index in [4.69, 9.17) is 0 Å². The van der Waals surface area contributed by atoms with Gasteiger partial charge in [-0.15, -0.1) is 0 Å². The number of H-pyrrole nitrogens is 1. The molecule has 0 aliphatic carbocycles. The smallest absolute Gasteiger partial charge is 0.250 e. The third-order valence-electron chi connectivity index (χ3n) is 4.59. The first-order chi connectivity index (χ1) is 13.8. The van der Waals surface area contributed by atoms with Gasteiger partial charge in [0.15, 0.2) is 0 Å². The molecule has 0 saturated carbocycles. The molecule has 6 nitrogen and oxygen atoms in total. The third kappa shape index (κ3) is 3.95. The summed E-state index contributed by atoms with van der Waals surface area (Å²) in [5.41, 5.74) is 1.62. The second kappa shape index (κ2) is 8.43. The predicted molar refractivity (Wildman–Crippen MR) is 111 cm³/mol. The summed E-state index contributed by atoms with van der Waals surface area (Å²) in [5.74, 6) is -1.19. The van der Waals surface area contributed by atoms with E-state index in [0.717, 1.165) is 0 Å². The molecule has 1 aliphatic rings. The van der Waals surface area contributed by atoms with Crippen LogP contribution in [-0.4, -0.2) is 14.3 Å². The fourth-order valence-electron chi connectivity index (χ4n) is 3.30. The molecule has 2 heterocycles. The monoisotopic (exact) mass is 477 g/mol. The quantitative estimate of drug-likeness (QED) is 0.690. The Morgan fingerprint density at radius 1 is 1.38 bits per heavy atom. The van der Waals surface area contributed by atoms with Gasteiger partial charge in [0.25, 0.3) is 5.56 Å². The first-order valence-electron chi connectivity index (χ1n) is 8.83. The maximum absolute atomic E-state index is 13.8. The van der Waals surface area contributed by atoms with Crippen LogP contribution in [0.25, 0.3) is 0 Å². The Bertz CT molecular complexity index is 1170. The zero-order valence-corrected chi connectivity index (χ0v) is 18.0. The van der Waals surface area contributed by atoms with Crippen LogP contribution in [0.1, 0.15) is 43.7 Å². The van der Waals surface area contributed by atoms with Gasteiger partial charge in [-0.2, -0.15) is 5.26 Å². The second-order valence-corrected chi connectivity index (χ2v) is 8.82. The van der Waals surface area contributed by atoms with Gasteiger partial charge in [0.05, 0.1) is 27.7 Å². The summed E-state index contributed by atoms with van der Waals surface area (Å²) in [4.78, 5) is 27.0. The summed E-state index contributed by atoms with van der Waals surface area (Å²) in [6.07, 6.45) is 0.608. The summed E-state index contributed by atoms with van der Waals surface area (Å²) in [6, 6.07) is 7.76. The van der Waals surface area contributed by atoms with E-state index in [0.29, 0.717) is 34.5 Å². The molecule has 1 aromatic carbocycles. The maximum Gasteiger partial charge on any atom is 0.250 e. The highest BCUT2D eigenvalue weighted by Crippen LogP contribution is 2.43. The molecular formula is C20H17BrFN3O3S. The molecule has 2 atom stereocenters. The van der Waals surface area contributed by atoms with E-state index in [9.17, 15) is 23.5 Å². The molecule has 1 aliphatic heterocycles. The second-order valence-electron chi connectivity index (χ2n) is 6.56. The number of hydrogen-bond acceptors (Lipinski definition) is 5. The minimum absolute atomic E-state index is 0.0378. The molecule has 2 unspecified atom stereocenters. The minimum atomic E-state index is -2.11. The van der Waals surface area contributed by atoms with Crippen molar-refractivity contribution in [3.63, 3.8) is 0 Å². The van der Waals surface area contributed by atoms with Crippen LogP contribution in [0.15, 0.2) is 49.8 Å². The minimum Gasteiger partial charge on any atom is -0.358 e. The van der Waals surface area contributed by atoms with Crippen LogP contribution < -0.4 is 10.9 Å². The van der Waals surface area contributed by atoms with Crippen molar-refractivity contribution >= 4 is 37.5 Å². The molecule has 1 aromatic heterocycles. The summed E-state index contributed by atoms with van der Waals surface area (Å²) in [5, 5.41) is 12.2. The first-order valence-corrected chi connectivity index (χ1v) is 10.8. The van der Waals surface area contributed by atoms with E-state index in [2.05, 4.69) is 32.3 Å². The molecule has 9 heteroatoms. The van der Waals surface area contributed by atoms with Crippen molar-refractivity contribution in [1.29, 1.82) is 5.26 Å². The molecule has 0 spiro atoms. The van der Waals surface area contributed by atoms with Crippen molar-refractivity contribution in [3.8, 4) is 6.07 Å². The molecule has 0 bridgehead atoms. The first kappa shape index (κ1) is 21.1. The highest BCUT2D eigenvalue weighted by Gasteiger charge is 2.34. The van der Waals surface area contributed by atoms with Gasteiger partial charge in [0, 0.05) is 23.7 Å². The zero-order chi connectivity index (χ0) is 21.3. The SMILES string of the molecule is CCCC(=O)S(=O)c1[nH]c(=O)cc2c1C(c1ccc(F)c(Br)c1)C(C#N)=C(C)N2. The van der Waals surface area contributed by atoms with Gasteiger partial charge in [-0.1, -0.05) is 13.0 Å². The average molecular weight is 478 g/mol. The van der Waals surface area contributed by atoms with Crippen LogP contribution in [0.3, 0.4) is 0 Å². The number of allylic oxidation sites excluding steroid dienone is 2. The number of halogens is 2. The number of nitrogens with one attached hydrogen (secondary N) is 2. The van der Waals surface area contributed by atoms with Crippen molar-refractivity contribution in [1.82, 2.24) is 4.98 Å². The molecule has 2 aromatic rings. The molecule has 2 N–H and O–H groups in total. The van der Waals surface area contributed by atoms with Gasteiger partial charge in [-0.05, 0) is 47.0 Å². The zero-order valence-electron chi connectivity index (χ0n) is 15.6. The number of carbonyl (C=O) groups is 1. The Balaban J connectivity index is 2.32. The fraction of sp³-hybridized carbons (Fsp3) is 0.250. The van der Waals surface area contributed by atoms with Crippen molar-refractivity contribution in [3.05, 3.63) is 67.3 Å². The van der Waals surface area contributed by atoms with Crippen molar-refractivity contribution in [2.75, 3.05) is 5.32 Å². The number of hydrogen-bond donors (Lipinski definition) is 2. The summed E-state index contributed by atoms with van der Waals surface area (Å²) in [7, 11) is -2.11. The molecule has 150 valence electrons. The number of nitrogens with zero attached hydrogens (tertiary/aromatic N) is 1. The van der Waals surface area contributed by atoms with Gasteiger partial charge >= 0.3 is 0 Å². The Hall–Kier alpha value is -2.57. The maximum atomic E-state index is 13.8. The molecule has 0 fully saturated rings. The topological polar surface area (TPSA) is 103 Å². The lowest BCUT2D eigenvalue weighted by molar-refractivity contribution is -0.111. The van der Waals surface area contributed by atoms with E-state index in [1.54, 1.807) is 13.8 Å². The van der Waals surface area contributed by atoms with Crippen LogP contribution in [-0.2, 0) is 15.6 Å². The Morgan fingerprint density at radius 2 is 2.10 bits per heavy atom. The number of nitriles is 1. The van der Waals surface area contributed by atoms with Gasteiger partial charge in [-0.25, -0.2) is 8.60 Å². The lowest BCUT2D eigenvalue weighted by Crippen LogP contribution is -2.25. The van der Waals surface area contributed by atoms with Crippen LogP contribution in [0.2, 0.25) is 0 Å². The van der Waals surface area contributed by atoms with Gasteiger partial charge in [0.2, 0.25) is 5.12 Å². The lowest BCUT2D eigenvalue weighted by Gasteiger charge is -2.29. The number of anilines is 1. The highest BCUT2D eigenvalue weighted by atomic mass is 79.9. The van der Waals surface area contributed by atoms with Crippen LogP contribution in [0.5, 0.6) is 0 Å². The standard InChI is InChI=1S/C20H17BrFN3O3S/c1-3-4-17(27)29(28)20-19-15(8-16(26)25-20)24-10(2)12(9-23)18(19)11-5-6-14(22)13(21)7-11/h5-8,18,24H,3-4H2,1-2H3,(H,25,26). The number of fused-ring (bicyclic) bond motifs is 1. The van der Waals surface area contributed by atoms with Crippen molar-refractivity contribution in [2.45, 2.75) is 37.6 Å². The summed E-state index contributed by atoms with van der Waals surface area (Å²) in [6.45, 7) is 3.48. The number of aromatic amines is 1. The molecule has 0 radical (unpaired) electrons. The van der Waals surface area contributed by atoms with E-state index in [1.165, 1.54) is 24.3 Å². The molecular weight excluding hydrogens is 461 g/mol. The van der Waals surface area contributed by atoms with E-state index in [-0.39, 0.29) is 15.9 Å². The van der Waals surface area contributed by atoms with Crippen LogP contribution in [0.4, 0.5) is 10.1 Å². The number of pyridine rings is 1. The number of carbonyl (C=O) groups excluding carboxylic acids is 1. The van der Waals surface area contributed by atoms with Gasteiger partial charge in [0.1, 0.15) is 21.6 Å². The molecule has 0 saturated heterocycles. The van der Waals surface area contributed by atoms with E-state index in [1.807, 2.05) is 0 Å². The van der Waals surface area contributed by atoms with Crippen molar-refractivity contribution < 1.29 is 13.4 Å². The third-order valence-corrected chi connectivity index (χ3v) is 6.51. The molecule has 29 heavy (non-hydrogen) atoms. The van der Waals surface area contributed by atoms with Gasteiger partial charge < -0.3 is 10.3 Å². The summed E-state index contributed by atoms with van der Waals surface area (Å²) < 4.78 is 26.9. The summed E-state index contributed by atoms with van der Waals surface area (Å²) >= 11 is 3.15. The van der Waals surface area contributed by atoms with E-state index < -0.39 is 33.2 Å². The largest absolute Gasteiger partial charge is 0.358 e. The Kier molecular flexibility index (Phi) is 6.15. The van der Waals surface area contributed by atoms with E-state index >= 15 is 0 Å². The normalized spacial score (nSPS) is 16.6. The Morgan fingerprint density at radius 3 is 2.72 bits per heavy atom. The highest BCUT2D eigenvalue weighted by molar-refractivity contribution is 9.10. The number of rotatable bonds is 4. The van der Waals surface area contributed by atoms with Crippen LogP contribution in [0, 0.1) is 17.1 Å². The number of benzene rings is 1.